The number of nitrogens with zero attached hydrogens (tertiary/aromatic N) is 3. The molecule has 2 aliphatic rings. The maximum absolute atomic E-state index is 12.8. The highest BCUT2D eigenvalue weighted by Crippen LogP contribution is 2.38. The van der Waals surface area contributed by atoms with Gasteiger partial charge in [0.2, 0.25) is 5.91 Å². The van der Waals surface area contributed by atoms with Crippen molar-refractivity contribution < 1.29 is 18.0 Å². The van der Waals surface area contributed by atoms with Crippen LogP contribution in [0.4, 0.5) is 13.2 Å². The third-order valence-electron chi connectivity index (χ3n) is 5.63. The summed E-state index contributed by atoms with van der Waals surface area (Å²) in [5, 5.41) is 3.43. The maximum Gasteiger partial charge on any atom is 0.416 e. The molecule has 148 valence electrons. The highest BCUT2D eigenvalue weighted by molar-refractivity contribution is 5.88. The molecule has 1 aromatic carbocycles. The van der Waals surface area contributed by atoms with E-state index < -0.39 is 17.3 Å². The smallest absolute Gasteiger partial charge is 0.344 e. The van der Waals surface area contributed by atoms with Crippen molar-refractivity contribution in [3.05, 3.63) is 47.4 Å². The summed E-state index contributed by atoms with van der Waals surface area (Å²) in [6, 6.07) is 6.57. The summed E-state index contributed by atoms with van der Waals surface area (Å²) in [6.45, 7) is 2.56. The quantitative estimate of drug-likeness (QED) is 0.853. The molecule has 2 fully saturated rings. The van der Waals surface area contributed by atoms with Crippen molar-refractivity contribution in [2.75, 3.05) is 13.6 Å². The zero-order valence-electron chi connectivity index (χ0n) is 15.7. The van der Waals surface area contributed by atoms with Gasteiger partial charge in [-0.1, -0.05) is 12.1 Å². The topological polar surface area (TPSA) is 58.1 Å². The SMILES string of the molecule is Cc1cc(-c2ccc(C(F)(F)F)cc2)nc([C@@H]2CC[C@@]3(CCN(C)C3=O)N2)n1. The number of likely N-dealkylation sites (N-methyl/N-ethyl adjacent to an activating group) is 1. The number of likely N-dealkylation sites (tertiary alicyclic amines) is 1. The Kier molecular flexibility index (Phi) is 4.41. The molecule has 0 unspecified atom stereocenters. The van der Waals surface area contributed by atoms with Crippen LogP contribution in [0.2, 0.25) is 0 Å². The van der Waals surface area contributed by atoms with Gasteiger partial charge in [0.25, 0.3) is 0 Å². The summed E-state index contributed by atoms with van der Waals surface area (Å²) < 4.78 is 38.4. The fraction of sp³-hybridized carbons (Fsp3) is 0.450. The molecule has 1 amide bonds. The number of carbonyl (C=O) groups is 1. The van der Waals surface area contributed by atoms with Crippen LogP contribution in [0.15, 0.2) is 30.3 Å². The zero-order chi connectivity index (χ0) is 20.1. The van der Waals surface area contributed by atoms with Crippen molar-refractivity contribution in [3.63, 3.8) is 0 Å². The van der Waals surface area contributed by atoms with Gasteiger partial charge < -0.3 is 4.90 Å². The second kappa shape index (κ2) is 6.55. The van der Waals surface area contributed by atoms with Gasteiger partial charge in [-0.2, -0.15) is 13.2 Å². The number of hydrogen-bond acceptors (Lipinski definition) is 4. The van der Waals surface area contributed by atoms with Crippen LogP contribution in [-0.4, -0.2) is 39.9 Å². The van der Waals surface area contributed by atoms with E-state index in [1.807, 2.05) is 6.92 Å². The molecule has 2 aliphatic heterocycles. The van der Waals surface area contributed by atoms with E-state index in [0.29, 0.717) is 17.1 Å². The molecule has 2 saturated heterocycles. The van der Waals surface area contributed by atoms with Crippen LogP contribution in [0.5, 0.6) is 0 Å². The Bertz CT molecular complexity index is 913. The van der Waals surface area contributed by atoms with Crippen molar-refractivity contribution in [2.24, 2.45) is 0 Å². The maximum atomic E-state index is 12.8. The van der Waals surface area contributed by atoms with Crippen LogP contribution in [0.3, 0.4) is 0 Å². The van der Waals surface area contributed by atoms with Crippen molar-refractivity contribution in [1.82, 2.24) is 20.2 Å². The molecule has 0 bridgehead atoms. The molecule has 1 N–H and O–H groups in total. The first kappa shape index (κ1) is 18.9. The predicted octanol–water partition coefficient (Wildman–Crippen LogP) is 3.50. The fourth-order valence-electron chi connectivity index (χ4n) is 4.09. The third kappa shape index (κ3) is 3.26. The average molecular weight is 390 g/mol. The fourth-order valence-corrected chi connectivity index (χ4v) is 4.09. The molecule has 3 heterocycles. The number of halogens is 3. The number of benzene rings is 1. The van der Waals surface area contributed by atoms with Crippen molar-refractivity contribution in [2.45, 2.75) is 43.9 Å². The Labute approximate surface area is 161 Å². The van der Waals surface area contributed by atoms with E-state index in [4.69, 9.17) is 0 Å². The third-order valence-corrected chi connectivity index (χ3v) is 5.63. The van der Waals surface area contributed by atoms with E-state index in [0.717, 1.165) is 43.6 Å². The first-order valence-corrected chi connectivity index (χ1v) is 9.24. The Morgan fingerprint density at radius 2 is 1.89 bits per heavy atom. The normalized spacial score (nSPS) is 25.1. The molecule has 28 heavy (non-hydrogen) atoms. The Morgan fingerprint density at radius 1 is 1.18 bits per heavy atom. The van der Waals surface area contributed by atoms with Gasteiger partial charge in [-0.15, -0.1) is 0 Å². The molecule has 1 aromatic heterocycles. The molecule has 2 atom stereocenters. The van der Waals surface area contributed by atoms with Gasteiger partial charge in [-0.3, -0.25) is 10.1 Å². The summed E-state index contributed by atoms with van der Waals surface area (Å²) in [4.78, 5) is 23.4. The Hall–Kier alpha value is -2.48. The molecular formula is C20H21F3N4O. The van der Waals surface area contributed by atoms with E-state index in [9.17, 15) is 18.0 Å². The standard InChI is InChI=1S/C20H21F3N4O/c1-12-11-16(13-3-5-14(6-4-13)20(21,22)23)25-17(24-12)15-7-8-19(26-15)9-10-27(2)18(19)28/h3-6,11,15,26H,7-10H2,1-2H3/t15-,19-/m0/s1. The van der Waals surface area contributed by atoms with Gasteiger partial charge in [-0.25, -0.2) is 9.97 Å². The van der Waals surface area contributed by atoms with Crippen LogP contribution >= 0.6 is 0 Å². The van der Waals surface area contributed by atoms with Crippen molar-refractivity contribution >= 4 is 5.91 Å². The monoisotopic (exact) mass is 390 g/mol. The summed E-state index contributed by atoms with van der Waals surface area (Å²) >= 11 is 0. The number of amides is 1. The summed E-state index contributed by atoms with van der Waals surface area (Å²) in [5.41, 5.74) is 0.683. The Balaban J connectivity index is 1.61. The Morgan fingerprint density at radius 3 is 2.50 bits per heavy atom. The van der Waals surface area contributed by atoms with Crippen LogP contribution in [0.1, 0.15) is 42.4 Å². The number of aromatic nitrogens is 2. The minimum Gasteiger partial charge on any atom is -0.344 e. The summed E-state index contributed by atoms with van der Waals surface area (Å²) in [5.74, 6) is 0.680. The molecule has 0 aliphatic carbocycles. The van der Waals surface area contributed by atoms with Crippen LogP contribution < -0.4 is 5.32 Å². The lowest BCUT2D eigenvalue weighted by Crippen LogP contribution is -2.47. The average Bonchev–Trinajstić information content (AvgIpc) is 3.21. The lowest BCUT2D eigenvalue weighted by atomic mass is 9.96. The van der Waals surface area contributed by atoms with Crippen molar-refractivity contribution in [1.29, 1.82) is 0 Å². The lowest BCUT2D eigenvalue weighted by Gasteiger charge is -2.23. The second-order valence-corrected chi connectivity index (χ2v) is 7.62. The first-order valence-electron chi connectivity index (χ1n) is 9.24. The van der Waals surface area contributed by atoms with Crippen LogP contribution in [-0.2, 0) is 11.0 Å². The van der Waals surface area contributed by atoms with Crippen LogP contribution in [0, 0.1) is 6.92 Å². The van der Waals surface area contributed by atoms with Crippen molar-refractivity contribution in [3.8, 4) is 11.3 Å². The van der Waals surface area contributed by atoms with Crippen LogP contribution in [0.25, 0.3) is 11.3 Å². The minimum absolute atomic E-state index is 0.102. The highest BCUT2D eigenvalue weighted by Gasteiger charge is 2.50. The van der Waals surface area contributed by atoms with Gasteiger partial charge >= 0.3 is 6.18 Å². The van der Waals surface area contributed by atoms with E-state index in [-0.39, 0.29) is 11.9 Å². The van der Waals surface area contributed by atoms with E-state index in [2.05, 4.69) is 15.3 Å². The van der Waals surface area contributed by atoms with E-state index in [1.54, 1.807) is 18.0 Å². The molecule has 1 spiro atoms. The molecular weight excluding hydrogens is 369 g/mol. The van der Waals surface area contributed by atoms with Gasteiger partial charge in [-0.05, 0) is 44.4 Å². The number of aryl methyl sites for hydroxylation is 1. The molecule has 0 radical (unpaired) electrons. The first-order chi connectivity index (χ1) is 13.2. The molecule has 8 heteroatoms. The minimum atomic E-state index is -4.37. The molecule has 2 aromatic rings. The van der Waals surface area contributed by atoms with E-state index >= 15 is 0 Å². The number of nitrogens with one attached hydrogen (secondary N) is 1. The molecule has 4 rings (SSSR count). The largest absolute Gasteiger partial charge is 0.416 e. The zero-order valence-corrected chi connectivity index (χ0v) is 15.7. The second-order valence-electron chi connectivity index (χ2n) is 7.62. The van der Waals surface area contributed by atoms with Gasteiger partial charge in [0.15, 0.2) is 0 Å². The number of rotatable bonds is 2. The number of alkyl halides is 3. The summed E-state index contributed by atoms with van der Waals surface area (Å²) in [7, 11) is 1.80. The molecule has 0 saturated carbocycles. The van der Waals surface area contributed by atoms with Gasteiger partial charge in [0, 0.05) is 24.8 Å². The highest BCUT2D eigenvalue weighted by atomic mass is 19.4. The lowest BCUT2D eigenvalue weighted by molar-refractivity contribution is -0.137. The van der Waals surface area contributed by atoms with E-state index in [1.165, 1.54) is 12.1 Å². The van der Waals surface area contributed by atoms with Gasteiger partial charge in [0.1, 0.15) is 11.4 Å². The number of hydrogen-bond donors (Lipinski definition) is 1. The number of carbonyl (C=O) groups excluding carboxylic acids is 1. The summed E-state index contributed by atoms with van der Waals surface area (Å²) in [6.07, 6.45) is -2.13. The molecule has 5 nitrogen and oxygen atoms in total. The predicted molar refractivity (Wildman–Crippen MR) is 97.3 cm³/mol. The van der Waals surface area contributed by atoms with Gasteiger partial charge in [0.05, 0.1) is 17.3 Å².